The summed E-state index contributed by atoms with van der Waals surface area (Å²) in [6.45, 7) is 0. The molecule has 0 aliphatic heterocycles. The van der Waals surface area contributed by atoms with Crippen LogP contribution in [0, 0.1) is 0 Å². The molecule has 0 atom stereocenters. The van der Waals surface area contributed by atoms with Crippen molar-refractivity contribution in [3.63, 3.8) is 0 Å². The first-order valence-electron chi connectivity index (χ1n) is 7.94. The SMILES string of the molecule is COc1cc(C(=O)O)cc(NC(=O)c2cccc(C3CC3)c2)c1OC. The maximum absolute atomic E-state index is 12.6. The molecule has 2 N–H and O–H groups in total. The van der Waals surface area contributed by atoms with Gasteiger partial charge in [-0.05, 0) is 48.6 Å². The van der Waals surface area contributed by atoms with E-state index in [0.29, 0.717) is 11.5 Å². The minimum Gasteiger partial charge on any atom is -0.493 e. The Labute approximate surface area is 145 Å². The molecule has 1 saturated carbocycles. The van der Waals surface area contributed by atoms with Gasteiger partial charge in [-0.15, -0.1) is 0 Å². The lowest BCUT2D eigenvalue weighted by Crippen LogP contribution is -2.14. The summed E-state index contributed by atoms with van der Waals surface area (Å²) in [4.78, 5) is 23.9. The molecule has 130 valence electrons. The largest absolute Gasteiger partial charge is 0.493 e. The predicted octanol–water partition coefficient (Wildman–Crippen LogP) is 3.53. The molecule has 2 aromatic rings. The Morgan fingerprint density at radius 3 is 2.44 bits per heavy atom. The van der Waals surface area contributed by atoms with Crippen molar-refractivity contribution in [1.82, 2.24) is 0 Å². The molecule has 6 heteroatoms. The molecule has 3 rings (SSSR count). The Bertz CT molecular complexity index is 827. The monoisotopic (exact) mass is 341 g/mol. The Hall–Kier alpha value is -3.02. The van der Waals surface area contributed by atoms with E-state index in [1.807, 2.05) is 18.2 Å². The Morgan fingerprint density at radius 1 is 1.08 bits per heavy atom. The number of carboxylic acids is 1. The molecule has 1 aliphatic carbocycles. The van der Waals surface area contributed by atoms with E-state index in [1.165, 1.54) is 26.4 Å². The third-order valence-corrected chi connectivity index (χ3v) is 4.17. The molecular formula is C19H19NO5. The molecule has 0 saturated heterocycles. The van der Waals surface area contributed by atoms with Crippen LogP contribution in [0.5, 0.6) is 11.5 Å². The predicted molar refractivity (Wildman–Crippen MR) is 92.9 cm³/mol. The van der Waals surface area contributed by atoms with Crippen LogP contribution in [-0.4, -0.2) is 31.2 Å². The molecule has 0 aromatic heterocycles. The van der Waals surface area contributed by atoms with Gasteiger partial charge in [0.05, 0.1) is 25.5 Å². The summed E-state index contributed by atoms with van der Waals surface area (Å²) in [5.41, 5.74) is 1.92. The van der Waals surface area contributed by atoms with E-state index in [2.05, 4.69) is 5.32 Å². The van der Waals surface area contributed by atoms with Gasteiger partial charge in [-0.1, -0.05) is 12.1 Å². The van der Waals surface area contributed by atoms with Gasteiger partial charge in [-0.2, -0.15) is 0 Å². The molecule has 1 amide bonds. The lowest BCUT2D eigenvalue weighted by Gasteiger charge is -2.15. The molecule has 6 nitrogen and oxygen atoms in total. The Kier molecular flexibility index (Phi) is 4.61. The van der Waals surface area contributed by atoms with Crippen LogP contribution in [0.3, 0.4) is 0 Å². The number of hydrogen-bond acceptors (Lipinski definition) is 4. The van der Waals surface area contributed by atoms with Gasteiger partial charge in [0, 0.05) is 5.56 Å². The van der Waals surface area contributed by atoms with E-state index in [9.17, 15) is 14.7 Å². The normalized spacial score (nSPS) is 13.2. The number of nitrogens with one attached hydrogen (secondary N) is 1. The van der Waals surface area contributed by atoms with E-state index in [1.54, 1.807) is 6.07 Å². The molecule has 0 heterocycles. The summed E-state index contributed by atoms with van der Waals surface area (Å²) >= 11 is 0. The Morgan fingerprint density at radius 2 is 1.84 bits per heavy atom. The highest BCUT2D eigenvalue weighted by atomic mass is 16.5. The number of ether oxygens (including phenoxy) is 2. The average Bonchev–Trinajstić information content (AvgIpc) is 3.46. The number of carboxylic acid groups (broad SMARTS) is 1. The van der Waals surface area contributed by atoms with E-state index < -0.39 is 5.97 Å². The number of hydrogen-bond donors (Lipinski definition) is 2. The molecule has 1 aliphatic rings. The van der Waals surface area contributed by atoms with Crippen molar-refractivity contribution >= 4 is 17.6 Å². The molecule has 2 aromatic carbocycles. The van der Waals surface area contributed by atoms with Crippen LogP contribution in [0.25, 0.3) is 0 Å². The molecular weight excluding hydrogens is 322 g/mol. The molecule has 0 radical (unpaired) electrons. The van der Waals surface area contributed by atoms with Crippen LogP contribution in [0.2, 0.25) is 0 Å². The van der Waals surface area contributed by atoms with E-state index >= 15 is 0 Å². The summed E-state index contributed by atoms with van der Waals surface area (Å²) in [6, 6.07) is 10.2. The number of carbonyl (C=O) groups is 2. The number of anilines is 1. The van der Waals surface area contributed by atoms with Crippen molar-refractivity contribution in [3.8, 4) is 11.5 Å². The lowest BCUT2D eigenvalue weighted by atomic mass is 10.1. The zero-order chi connectivity index (χ0) is 18.0. The van der Waals surface area contributed by atoms with E-state index in [4.69, 9.17) is 9.47 Å². The summed E-state index contributed by atoms with van der Waals surface area (Å²) in [6.07, 6.45) is 2.30. The maximum Gasteiger partial charge on any atom is 0.335 e. The highest BCUT2D eigenvalue weighted by molar-refractivity contribution is 6.06. The summed E-state index contributed by atoms with van der Waals surface area (Å²) in [7, 11) is 2.84. The van der Waals surface area contributed by atoms with Crippen molar-refractivity contribution in [2.24, 2.45) is 0 Å². The summed E-state index contributed by atoms with van der Waals surface area (Å²) < 4.78 is 10.5. The van der Waals surface area contributed by atoms with Crippen LogP contribution in [0.15, 0.2) is 36.4 Å². The van der Waals surface area contributed by atoms with Gasteiger partial charge in [0.2, 0.25) is 0 Å². The third-order valence-electron chi connectivity index (χ3n) is 4.17. The van der Waals surface area contributed by atoms with Crippen molar-refractivity contribution < 1.29 is 24.2 Å². The second-order valence-electron chi connectivity index (χ2n) is 5.92. The molecule has 0 bridgehead atoms. The van der Waals surface area contributed by atoms with E-state index in [-0.39, 0.29) is 28.7 Å². The van der Waals surface area contributed by atoms with Gasteiger partial charge in [0.1, 0.15) is 0 Å². The first kappa shape index (κ1) is 16.8. The fourth-order valence-electron chi connectivity index (χ4n) is 2.73. The van der Waals surface area contributed by atoms with Crippen molar-refractivity contribution in [1.29, 1.82) is 0 Å². The minimum absolute atomic E-state index is 0.000295. The molecule has 0 spiro atoms. The smallest absolute Gasteiger partial charge is 0.335 e. The van der Waals surface area contributed by atoms with Gasteiger partial charge >= 0.3 is 5.97 Å². The molecule has 0 unspecified atom stereocenters. The highest BCUT2D eigenvalue weighted by Gasteiger charge is 2.24. The van der Waals surface area contributed by atoms with Gasteiger partial charge in [-0.3, -0.25) is 4.79 Å². The van der Waals surface area contributed by atoms with Crippen molar-refractivity contribution in [2.45, 2.75) is 18.8 Å². The second kappa shape index (κ2) is 6.84. The number of carbonyl (C=O) groups excluding carboxylic acids is 1. The topological polar surface area (TPSA) is 84.9 Å². The quantitative estimate of drug-likeness (QED) is 0.839. The van der Waals surface area contributed by atoms with Gasteiger partial charge < -0.3 is 19.9 Å². The number of methoxy groups -OCH3 is 2. The number of benzene rings is 2. The Balaban J connectivity index is 1.93. The summed E-state index contributed by atoms with van der Waals surface area (Å²) in [5, 5.41) is 12.0. The van der Waals surface area contributed by atoms with Gasteiger partial charge in [0.25, 0.3) is 5.91 Å². The van der Waals surface area contributed by atoms with Gasteiger partial charge in [0.15, 0.2) is 11.5 Å². The molecule has 1 fully saturated rings. The summed E-state index contributed by atoms with van der Waals surface area (Å²) in [5.74, 6) is -0.390. The molecule has 25 heavy (non-hydrogen) atoms. The zero-order valence-electron chi connectivity index (χ0n) is 14.0. The first-order valence-corrected chi connectivity index (χ1v) is 7.94. The van der Waals surface area contributed by atoms with Crippen LogP contribution in [0.1, 0.15) is 45.0 Å². The van der Waals surface area contributed by atoms with Crippen molar-refractivity contribution in [3.05, 3.63) is 53.1 Å². The van der Waals surface area contributed by atoms with Crippen molar-refractivity contribution in [2.75, 3.05) is 19.5 Å². The maximum atomic E-state index is 12.6. The van der Waals surface area contributed by atoms with Gasteiger partial charge in [-0.25, -0.2) is 4.79 Å². The van der Waals surface area contributed by atoms with E-state index in [0.717, 1.165) is 18.4 Å². The third kappa shape index (κ3) is 3.57. The average molecular weight is 341 g/mol. The van der Waals surface area contributed by atoms with Crippen LogP contribution in [0.4, 0.5) is 5.69 Å². The standard InChI is InChI=1S/C19H19NO5/c1-24-16-10-14(19(22)23)9-15(17(16)25-2)20-18(21)13-5-3-4-12(8-13)11-6-7-11/h3-5,8-11H,6-7H2,1-2H3,(H,20,21)(H,22,23). The second-order valence-corrected chi connectivity index (χ2v) is 5.92. The highest BCUT2D eigenvalue weighted by Crippen LogP contribution is 2.40. The van der Waals surface area contributed by atoms with Crippen LogP contribution >= 0.6 is 0 Å². The van der Waals surface area contributed by atoms with Crippen LogP contribution in [-0.2, 0) is 0 Å². The lowest BCUT2D eigenvalue weighted by molar-refractivity contribution is 0.0696. The van der Waals surface area contributed by atoms with Crippen LogP contribution < -0.4 is 14.8 Å². The fraction of sp³-hybridized carbons (Fsp3) is 0.263. The number of rotatable bonds is 6. The minimum atomic E-state index is -1.12. The number of amides is 1. The number of aromatic carboxylic acids is 1. The fourth-order valence-corrected chi connectivity index (χ4v) is 2.73. The zero-order valence-corrected chi connectivity index (χ0v) is 14.0. The first-order chi connectivity index (χ1) is 12.0.